The van der Waals surface area contributed by atoms with E-state index in [-0.39, 0.29) is 18.4 Å². The van der Waals surface area contributed by atoms with Crippen molar-refractivity contribution in [2.45, 2.75) is 174 Å². The molecule has 0 saturated carbocycles. The van der Waals surface area contributed by atoms with Crippen molar-refractivity contribution in [2.24, 2.45) is 0 Å². The molecule has 0 atom stereocenters. The summed E-state index contributed by atoms with van der Waals surface area (Å²) in [6, 6.07) is 13.0. The number of amides is 2. The van der Waals surface area contributed by atoms with Crippen molar-refractivity contribution in [3.8, 4) is 11.5 Å². The fraction of sp³-hybridized carbons (Fsp3) is 0.674. The highest BCUT2D eigenvalue weighted by atomic mass is 16.5. The summed E-state index contributed by atoms with van der Waals surface area (Å²) in [7, 11) is 0. The second-order valence-electron chi connectivity index (χ2n) is 14.0. The molecule has 5 heteroatoms. The van der Waals surface area contributed by atoms with Gasteiger partial charge in [-0.1, -0.05) is 167 Å². The van der Waals surface area contributed by atoms with Gasteiger partial charge < -0.3 is 9.47 Å². The average molecular weight is 662 g/mol. The van der Waals surface area contributed by atoms with E-state index >= 15 is 0 Å². The molecular formula is C43H67NO4. The summed E-state index contributed by atoms with van der Waals surface area (Å²) in [4.78, 5) is 27.4. The zero-order valence-corrected chi connectivity index (χ0v) is 30.7. The SMILES string of the molecule is CCCCCCCCCCCCCCOc1cc(CN2C(=O)c3ccccc3C2=O)cc(OCCCCCCCCCCCCCC)c1. The Bertz CT molecular complexity index is 1080. The van der Waals surface area contributed by atoms with Crippen LogP contribution in [0.5, 0.6) is 11.5 Å². The summed E-state index contributed by atoms with van der Waals surface area (Å²) in [6.07, 6.45) is 31.5. The number of imide groups is 1. The number of fused-ring (bicyclic) bond motifs is 1. The number of unbranched alkanes of at least 4 members (excludes halogenated alkanes) is 22. The van der Waals surface area contributed by atoms with Crippen LogP contribution in [0.25, 0.3) is 0 Å². The van der Waals surface area contributed by atoms with E-state index in [4.69, 9.17) is 9.47 Å². The first-order valence-corrected chi connectivity index (χ1v) is 20.0. The number of hydrogen-bond acceptors (Lipinski definition) is 4. The smallest absolute Gasteiger partial charge is 0.261 e. The Labute approximate surface area is 293 Å². The molecule has 0 radical (unpaired) electrons. The van der Waals surface area contributed by atoms with Crippen LogP contribution < -0.4 is 9.47 Å². The minimum Gasteiger partial charge on any atom is -0.493 e. The lowest BCUT2D eigenvalue weighted by atomic mass is 10.1. The maximum absolute atomic E-state index is 13.0. The van der Waals surface area contributed by atoms with Gasteiger partial charge in [-0.25, -0.2) is 0 Å². The van der Waals surface area contributed by atoms with Crippen LogP contribution in [0.15, 0.2) is 42.5 Å². The van der Waals surface area contributed by atoms with Gasteiger partial charge in [0.15, 0.2) is 0 Å². The Balaban J connectivity index is 1.40. The molecule has 268 valence electrons. The molecule has 0 aromatic heterocycles. The molecule has 2 amide bonds. The zero-order valence-electron chi connectivity index (χ0n) is 30.7. The van der Waals surface area contributed by atoms with Crippen molar-refractivity contribution in [2.75, 3.05) is 13.2 Å². The minimum absolute atomic E-state index is 0.205. The van der Waals surface area contributed by atoms with Crippen LogP contribution >= 0.6 is 0 Å². The molecule has 48 heavy (non-hydrogen) atoms. The van der Waals surface area contributed by atoms with Crippen molar-refractivity contribution in [3.05, 3.63) is 59.2 Å². The van der Waals surface area contributed by atoms with Crippen LogP contribution in [0.4, 0.5) is 0 Å². The maximum atomic E-state index is 13.0. The summed E-state index contributed by atoms with van der Waals surface area (Å²) in [6.45, 7) is 6.07. The highest BCUT2D eigenvalue weighted by Gasteiger charge is 2.35. The molecule has 0 saturated heterocycles. The van der Waals surface area contributed by atoms with Crippen molar-refractivity contribution >= 4 is 11.8 Å². The molecule has 2 aromatic rings. The first-order valence-electron chi connectivity index (χ1n) is 20.0. The Hall–Kier alpha value is -2.82. The number of hydrogen-bond donors (Lipinski definition) is 0. The standard InChI is InChI=1S/C43H67NO4/c1-3-5-7-9-11-13-15-17-19-21-23-27-31-47-38-33-37(36-44-42(45)40-29-25-26-30-41(40)43(44)46)34-39(35-38)48-32-28-24-22-20-18-16-14-12-10-8-6-4-2/h25-26,29-30,33-35H,3-24,27-28,31-32,36H2,1-2H3. The largest absolute Gasteiger partial charge is 0.493 e. The van der Waals surface area contributed by atoms with E-state index in [1.165, 1.54) is 146 Å². The summed E-state index contributed by atoms with van der Waals surface area (Å²) in [5.41, 5.74) is 1.80. The number of benzene rings is 2. The van der Waals surface area contributed by atoms with Crippen LogP contribution in [0.2, 0.25) is 0 Å². The molecule has 0 bridgehead atoms. The predicted molar refractivity (Wildman–Crippen MR) is 200 cm³/mol. The lowest BCUT2D eigenvalue weighted by molar-refractivity contribution is 0.0642. The van der Waals surface area contributed by atoms with Gasteiger partial charge >= 0.3 is 0 Å². The van der Waals surface area contributed by atoms with Gasteiger partial charge in [-0.3, -0.25) is 14.5 Å². The van der Waals surface area contributed by atoms with Gasteiger partial charge in [0.1, 0.15) is 11.5 Å². The monoisotopic (exact) mass is 662 g/mol. The van der Waals surface area contributed by atoms with Crippen LogP contribution in [0.3, 0.4) is 0 Å². The zero-order chi connectivity index (χ0) is 34.1. The van der Waals surface area contributed by atoms with Crippen LogP contribution in [-0.4, -0.2) is 29.9 Å². The molecule has 1 heterocycles. The molecule has 0 unspecified atom stereocenters. The van der Waals surface area contributed by atoms with E-state index in [1.54, 1.807) is 24.3 Å². The molecule has 0 N–H and O–H groups in total. The molecule has 3 rings (SSSR count). The van der Waals surface area contributed by atoms with Gasteiger partial charge in [-0.2, -0.15) is 0 Å². The van der Waals surface area contributed by atoms with Crippen molar-refractivity contribution < 1.29 is 19.1 Å². The molecule has 1 aliphatic rings. The highest BCUT2D eigenvalue weighted by Crippen LogP contribution is 2.29. The second-order valence-corrected chi connectivity index (χ2v) is 14.0. The van der Waals surface area contributed by atoms with Crippen molar-refractivity contribution in [1.82, 2.24) is 4.90 Å². The van der Waals surface area contributed by atoms with E-state index < -0.39 is 0 Å². The van der Waals surface area contributed by atoms with Crippen molar-refractivity contribution in [1.29, 1.82) is 0 Å². The fourth-order valence-corrected chi connectivity index (χ4v) is 6.72. The number of nitrogens with zero attached hydrogens (tertiary/aromatic N) is 1. The van der Waals surface area contributed by atoms with Gasteiger partial charge in [0, 0.05) is 6.07 Å². The second kappa shape index (κ2) is 25.2. The third-order valence-electron chi connectivity index (χ3n) is 9.69. The van der Waals surface area contributed by atoms with Gasteiger partial charge in [0.25, 0.3) is 11.8 Å². The predicted octanol–water partition coefficient (Wildman–Crippen LogP) is 12.6. The van der Waals surface area contributed by atoms with E-state index in [0.717, 1.165) is 29.9 Å². The molecule has 2 aromatic carbocycles. The topological polar surface area (TPSA) is 55.8 Å². The Morgan fingerprint density at radius 1 is 0.458 bits per heavy atom. The van der Waals surface area contributed by atoms with E-state index in [9.17, 15) is 9.59 Å². The Kier molecular flexibility index (Phi) is 20.8. The van der Waals surface area contributed by atoms with Crippen LogP contribution in [-0.2, 0) is 6.54 Å². The van der Waals surface area contributed by atoms with Crippen LogP contribution in [0.1, 0.15) is 194 Å². The number of ether oxygens (including phenoxy) is 2. The molecule has 1 aliphatic heterocycles. The summed E-state index contributed by atoms with van der Waals surface area (Å²) < 4.78 is 12.4. The fourth-order valence-electron chi connectivity index (χ4n) is 6.72. The van der Waals surface area contributed by atoms with Gasteiger partial charge in [-0.15, -0.1) is 0 Å². The van der Waals surface area contributed by atoms with E-state index in [0.29, 0.717) is 24.3 Å². The highest BCUT2D eigenvalue weighted by molar-refractivity contribution is 6.21. The first kappa shape index (κ1) is 39.6. The molecule has 0 fully saturated rings. The lowest BCUT2D eigenvalue weighted by Crippen LogP contribution is -2.29. The number of carbonyl (C=O) groups excluding carboxylic acids is 2. The van der Waals surface area contributed by atoms with E-state index in [2.05, 4.69) is 13.8 Å². The summed E-state index contributed by atoms with van der Waals surface area (Å²) >= 11 is 0. The molecular weight excluding hydrogens is 594 g/mol. The number of carbonyl (C=O) groups is 2. The lowest BCUT2D eigenvalue weighted by Gasteiger charge is -2.17. The van der Waals surface area contributed by atoms with Gasteiger partial charge in [0.2, 0.25) is 0 Å². The Morgan fingerprint density at radius 3 is 1.15 bits per heavy atom. The third kappa shape index (κ3) is 15.6. The number of rotatable bonds is 30. The first-order chi connectivity index (χ1) is 23.6. The van der Waals surface area contributed by atoms with Gasteiger partial charge in [-0.05, 0) is 42.7 Å². The molecule has 5 nitrogen and oxygen atoms in total. The third-order valence-corrected chi connectivity index (χ3v) is 9.69. The van der Waals surface area contributed by atoms with Gasteiger partial charge in [0.05, 0.1) is 30.9 Å². The molecule has 0 aliphatic carbocycles. The quantitative estimate of drug-likeness (QED) is 0.0617. The minimum atomic E-state index is -0.239. The average Bonchev–Trinajstić information content (AvgIpc) is 3.33. The Morgan fingerprint density at radius 2 is 0.792 bits per heavy atom. The van der Waals surface area contributed by atoms with E-state index in [1.807, 2.05) is 18.2 Å². The summed E-state index contributed by atoms with van der Waals surface area (Å²) in [5, 5.41) is 0. The maximum Gasteiger partial charge on any atom is 0.261 e. The molecule has 0 spiro atoms. The van der Waals surface area contributed by atoms with Crippen LogP contribution in [0, 0.1) is 0 Å². The van der Waals surface area contributed by atoms with Crippen molar-refractivity contribution in [3.63, 3.8) is 0 Å². The summed E-state index contributed by atoms with van der Waals surface area (Å²) in [5.74, 6) is 1.02. The normalized spacial score (nSPS) is 12.6.